The normalized spacial score (nSPS) is 50.1. The molecule has 0 heterocycles. The molecule has 2 rings (SSSR count). The van der Waals surface area contributed by atoms with Gasteiger partial charge in [-0.05, 0) is 24.2 Å². The molecule has 0 N–H and O–H groups in total. The molecule has 1 fully saturated rings. The van der Waals surface area contributed by atoms with Crippen LogP contribution < -0.4 is 0 Å². The van der Waals surface area contributed by atoms with Crippen molar-refractivity contribution in [2.75, 3.05) is 0 Å². The zero-order valence-corrected chi connectivity index (χ0v) is 6.16. The summed E-state index contributed by atoms with van der Waals surface area (Å²) in [5.74, 6) is 2.22. The van der Waals surface area contributed by atoms with Crippen molar-refractivity contribution in [2.24, 2.45) is 23.7 Å². The van der Waals surface area contributed by atoms with Crippen molar-refractivity contribution < 1.29 is 4.79 Å². The van der Waals surface area contributed by atoms with Crippen molar-refractivity contribution in [1.82, 2.24) is 0 Å². The molecule has 1 unspecified atom stereocenters. The van der Waals surface area contributed by atoms with Gasteiger partial charge < -0.3 is 4.79 Å². The highest BCUT2D eigenvalue weighted by Crippen LogP contribution is 2.46. The molecule has 1 nitrogen and oxygen atoms in total. The average Bonchev–Trinajstić information content (AvgIpc) is 2.46. The van der Waals surface area contributed by atoms with Gasteiger partial charge in [-0.2, -0.15) is 0 Å². The molecule has 2 aliphatic rings. The van der Waals surface area contributed by atoms with E-state index < -0.39 is 0 Å². The Labute approximate surface area is 61.1 Å². The predicted octanol–water partition coefficient (Wildman–Crippen LogP) is 1.64. The molecular formula is C9H12O. The van der Waals surface area contributed by atoms with Crippen molar-refractivity contribution in [1.29, 1.82) is 0 Å². The lowest BCUT2D eigenvalue weighted by molar-refractivity contribution is -0.112. The van der Waals surface area contributed by atoms with Crippen LogP contribution in [0.15, 0.2) is 12.2 Å². The highest BCUT2D eigenvalue weighted by molar-refractivity contribution is 5.57. The zero-order valence-electron chi connectivity index (χ0n) is 6.16. The van der Waals surface area contributed by atoms with Crippen LogP contribution >= 0.6 is 0 Å². The Balaban J connectivity index is 2.25. The minimum atomic E-state index is 0.329. The lowest BCUT2D eigenvalue weighted by atomic mass is 9.86. The Morgan fingerprint density at radius 1 is 1.40 bits per heavy atom. The number of carbonyl (C=O) groups is 1. The maximum absolute atomic E-state index is 10.6. The second kappa shape index (κ2) is 1.94. The Bertz CT molecular complexity index is 183. The summed E-state index contributed by atoms with van der Waals surface area (Å²) in [5.41, 5.74) is 0. The number of hydrogen-bond acceptors (Lipinski definition) is 1. The van der Waals surface area contributed by atoms with Crippen molar-refractivity contribution in [3.8, 4) is 0 Å². The van der Waals surface area contributed by atoms with Gasteiger partial charge in [0.2, 0.25) is 0 Å². The van der Waals surface area contributed by atoms with E-state index in [2.05, 4.69) is 19.1 Å². The molecule has 2 aliphatic carbocycles. The van der Waals surface area contributed by atoms with Crippen LogP contribution in [0.3, 0.4) is 0 Å². The summed E-state index contributed by atoms with van der Waals surface area (Å²) in [5, 5.41) is 0. The van der Waals surface area contributed by atoms with E-state index in [1.54, 1.807) is 0 Å². The Kier molecular flexibility index (Phi) is 1.19. The number of hydrogen-bond donors (Lipinski definition) is 0. The minimum absolute atomic E-state index is 0.329. The fourth-order valence-corrected chi connectivity index (χ4v) is 2.33. The summed E-state index contributed by atoms with van der Waals surface area (Å²) < 4.78 is 0. The fraction of sp³-hybridized carbons (Fsp3) is 0.667. The van der Waals surface area contributed by atoms with Crippen LogP contribution in [0.4, 0.5) is 0 Å². The third-order valence-electron chi connectivity index (χ3n) is 3.08. The summed E-state index contributed by atoms with van der Waals surface area (Å²) in [6.45, 7) is 2.19. The van der Waals surface area contributed by atoms with E-state index in [1.807, 2.05) is 0 Å². The van der Waals surface area contributed by atoms with Gasteiger partial charge in [-0.25, -0.2) is 0 Å². The lowest BCUT2D eigenvalue weighted by Gasteiger charge is -2.18. The monoisotopic (exact) mass is 136 g/mol. The van der Waals surface area contributed by atoms with Gasteiger partial charge in [-0.3, -0.25) is 0 Å². The van der Waals surface area contributed by atoms with Crippen LogP contribution in [0.5, 0.6) is 0 Å². The molecule has 54 valence electrons. The van der Waals surface area contributed by atoms with Gasteiger partial charge >= 0.3 is 0 Å². The van der Waals surface area contributed by atoms with Crippen molar-refractivity contribution >= 4 is 6.29 Å². The number of carbonyl (C=O) groups excluding carboxylic acids is 1. The van der Waals surface area contributed by atoms with Gasteiger partial charge in [0, 0.05) is 5.92 Å². The average molecular weight is 136 g/mol. The Hall–Kier alpha value is -0.590. The highest BCUT2D eigenvalue weighted by Gasteiger charge is 2.41. The quantitative estimate of drug-likeness (QED) is 0.395. The zero-order chi connectivity index (χ0) is 7.14. The first-order chi connectivity index (χ1) is 4.83. The molecule has 0 spiro atoms. The van der Waals surface area contributed by atoms with Crippen molar-refractivity contribution in [3.63, 3.8) is 0 Å². The van der Waals surface area contributed by atoms with E-state index in [0.29, 0.717) is 23.7 Å². The van der Waals surface area contributed by atoms with Gasteiger partial charge in [0.1, 0.15) is 6.29 Å². The third kappa shape index (κ3) is 0.606. The number of allylic oxidation sites excluding steroid dienone is 2. The van der Waals surface area contributed by atoms with Crippen LogP contribution in [-0.2, 0) is 4.79 Å². The predicted molar refractivity (Wildman–Crippen MR) is 39.5 cm³/mol. The number of rotatable bonds is 1. The number of fused-ring (bicyclic) bond motifs is 2. The van der Waals surface area contributed by atoms with Gasteiger partial charge in [0.05, 0.1) is 0 Å². The highest BCUT2D eigenvalue weighted by atomic mass is 16.1. The van der Waals surface area contributed by atoms with Gasteiger partial charge in [0.25, 0.3) is 0 Å². The van der Waals surface area contributed by atoms with Gasteiger partial charge in [-0.1, -0.05) is 19.1 Å². The molecule has 10 heavy (non-hydrogen) atoms. The van der Waals surface area contributed by atoms with E-state index in [1.165, 1.54) is 6.42 Å². The summed E-state index contributed by atoms with van der Waals surface area (Å²) in [6, 6.07) is 0. The van der Waals surface area contributed by atoms with Gasteiger partial charge in [0.15, 0.2) is 0 Å². The second-order valence-corrected chi connectivity index (χ2v) is 3.52. The van der Waals surface area contributed by atoms with Crippen LogP contribution in [0, 0.1) is 23.7 Å². The summed E-state index contributed by atoms with van der Waals surface area (Å²) in [7, 11) is 0. The molecule has 0 aromatic rings. The maximum atomic E-state index is 10.6. The van der Waals surface area contributed by atoms with E-state index in [4.69, 9.17) is 0 Å². The van der Waals surface area contributed by atoms with Crippen molar-refractivity contribution in [2.45, 2.75) is 13.3 Å². The molecule has 4 atom stereocenters. The van der Waals surface area contributed by atoms with Gasteiger partial charge in [-0.15, -0.1) is 0 Å². The smallest absolute Gasteiger partial charge is 0.123 e. The van der Waals surface area contributed by atoms with Crippen LogP contribution in [-0.4, -0.2) is 6.29 Å². The standard InChI is InChI=1S/C9H12O/c1-6-7-2-3-8(4-7)9(6)5-10/h2-3,5-9H,4H2,1H3/t6?,7-,8+,9-/m1/s1. The third-order valence-corrected chi connectivity index (χ3v) is 3.08. The fourth-order valence-electron chi connectivity index (χ4n) is 2.33. The molecule has 1 heteroatoms. The second-order valence-electron chi connectivity index (χ2n) is 3.52. The number of aldehydes is 1. The minimum Gasteiger partial charge on any atom is -0.303 e. The topological polar surface area (TPSA) is 17.1 Å². The maximum Gasteiger partial charge on any atom is 0.123 e. The molecule has 0 aromatic heterocycles. The summed E-state index contributed by atoms with van der Waals surface area (Å²) in [4.78, 5) is 10.6. The van der Waals surface area contributed by atoms with E-state index >= 15 is 0 Å². The molecule has 0 aliphatic heterocycles. The molecule has 1 saturated carbocycles. The van der Waals surface area contributed by atoms with Crippen LogP contribution in [0.25, 0.3) is 0 Å². The first kappa shape index (κ1) is 6.14. The molecule has 0 amide bonds. The largest absolute Gasteiger partial charge is 0.303 e. The summed E-state index contributed by atoms with van der Waals surface area (Å²) >= 11 is 0. The lowest BCUT2D eigenvalue weighted by Crippen LogP contribution is -2.17. The van der Waals surface area contributed by atoms with Crippen LogP contribution in [0.2, 0.25) is 0 Å². The van der Waals surface area contributed by atoms with E-state index in [-0.39, 0.29) is 0 Å². The molecule has 0 aromatic carbocycles. The van der Waals surface area contributed by atoms with E-state index in [0.717, 1.165) is 6.29 Å². The molecule has 0 radical (unpaired) electrons. The van der Waals surface area contributed by atoms with Crippen molar-refractivity contribution in [3.05, 3.63) is 12.2 Å². The molecule has 0 saturated heterocycles. The molecular weight excluding hydrogens is 124 g/mol. The van der Waals surface area contributed by atoms with Crippen LogP contribution in [0.1, 0.15) is 13.3 Å². The first-order valence-corrected chi connectivity index (χ1v) is 3.96. The first-order valence-electron chi connectivity index (χ1n) is 3.96. The Morgan fingerprint density at radius 3 is 2.50 bits per heavy atom. The summed E-state index contributed by atoms with van der Waals surface area (Å²) in [6.07, 6.45) is 6.85. The van der Waals surface area contributed by atoms with E-state index in [9.17, 15) is 4.79 Å². The Morgan fingerprint density at radius 2 is 2.10 bits per heavy atom. The molecule has 2 bridgehead atoms. The SMILES string of the molecule is CC1[C@@H]2C=C[C@@H](C2)[C@@H]1C=O.